The van der Waals surface area contributed by atoms with E-state index in [9.17, 15) is 4.79 Å². The molecule has 104 valence electrons. The monoisotopic (exact) mass is 273 g/mol. The molecule has 0 radical (unpaired) electrons. The van der Waals surface area contributed by atoms with Gasteiger partial charge in [-0.15, -0.1) is 0 Å². The van der Waals surface area contributed by atoms with E-state index in [-0.39, 0.29) is 11.6 Å². The van der Waals surface area contributed by atoms with Gasteiger partial charge in [0, 0.05) is 13.2 Å². The van der Waals surface area contributed by atoms with E-state index in [0.29, 0.717) is 12.4 Å². The standard InChI is InChI=1S/C15H15NO4/c1-19-10-9-11-5-7-12(8-6-11)20-14-4-2-3-13(16-14)15(17)18/h2-8H,9-10H2,1H3,(H,17,18). The number of carbonyl (C=O) groups is 1. The van der Waals surface area contributed by atoms with Crippen molar-refractivity contribution in [1.29, 1.82) is 0 Å². The number of pyridine rings is 1. The SMILES string of the molecule is COCCc1ccc(Oc2cccc(C(=O)O)n2)cc1. The molecule has 1 aromatic heterocycles. The van der Waals surface area contributed by atoms with Crippen LogP contribution in [0.5, 0.6) is 11.6 Å². The van der Waals surface area contributed by atoms with Gasteiger partial charge in [-0.3, -0.25) is 0 Å². The maximum Gasteiger partial charge on any atom is 0.354 e. The van der Waals surface area contributed by atoms with Crippen molar-refractivity contribution < 1.29 is 19.4 Å². The molecule has 1 heterocycles. The molecule has 0 aliphatic heterocycles. The van der Waals surface area contributed by atoms with Gasteiger partial charge in [0.1, 0.15) is 5.75 Å². The van der Waals surface area contributed by atoms with Crippen molar-refractivity contribution in [1.82, 2.24) is 4.98 Å². The fourth-order valence-corrected chi connectivity index (χ4v) is 1.66. The molecule has 0 saturated heterocycles. The number of methoxy groups -OCH3 is 1. The van der Waals surface area contributed by atoms with Gasteiger partial charge in [0.15, 0.2) is 5.69 Å². The van der Waals surface area contributed by atoms with E-state index >= 15 is 0 Å². The zero-order valence-electron chi connectivity index (χ0n) is 11.1. The van der Waals surface area contributed by atoms with Crippen LogP contribution in [-0.2, 0) is 11.2 Å². The molecule has 0 bridgehead atoms. The number of ether oxygens (including phenoxy) is 2. The Labute approximate surface area is 116 Å². The second-order valence-electron chi connectivity index (χ2n) is 4.16. The molecule has 0 saturated carbocycles. The normalized spacial score (nSPS) is 10.2. The van der Waals surface area contributed by atoms with Crippen LogP contribution in [0, 0.1) is 0 Å². The van der Waals surface area contributed by atoms with Crippen molar-refractivity contribution in [2.24, 2.45) is 0 Å². The third-order valence-electron chi connectivity index (χ3n) is 2.68. The number of aromatic nitrogens is 1. The zero-order valence-corrected chi connectivity index (χ0v) is 11.1. The van der Waals surface area contributed by atoms with Crippen LogP contribution in [-0.4, -0.2) is 29.8 Å². The molecule has 0 unspecified atom stereocenters. The molecule has 0 aliphatic carbocycles. The van der Waals surface area contributed by atoms with Crippen molar-refractivity contribution in [3.8, 4) is 11.6 Å². The molecule has 0 spiro atoms. The minimum Gasteiger partial charge on any atom is -0.477 e. The second-order valence-corrected chi connectivity index (χ2v) is 4.16. The molecule has 1 aromatic carbocycles. The highest BCUT2D eigenvalue weighted by atomic mass is 16.5. The third kappa shape index (κ3) is 3.80. The van der Waals surface area contributed by atoms with Gasteiger partial charge in [0.25, 0.3) is 0 Å². The van der Waals surface area contributed by atoms with Crippen LogP contribution in [0.3, 0.4) is 0 Å². The summed E-state index contributed by atoms with van der Waals surface area (Å²) in [6, 6.07) is 12.2. The molecule has 0 amide bonds. The van der Waals surface area contributed by atoms with E-state index in [1.807, 2.05) is 24.3 Å². The van der Waals surface area contributed by atoms with Crippen molar-refractivity contribution in [3.63, 3.8) is 0 Å². The number of aromatic carboxylic acids is 1. The zero-order chi connectivity index (χ0) is 14.4. The van der Waals surface area contributed by atoms with Crippen LogP contribution in [0.2, 0.25) is 0 Å². The number of hydrogen-bond acceptors (Lipinski definition) is 4. The quantitative estimate of drug-likeness (QED) is 0.876. The summed E-state index contributed by atoms with van der Waals surface area (Å²) in [5.74, 6) is -0.207. The lowest BCUT2D eigenvalue weighted by Gasteiger charge is -2.06. The van der Waals surface area contributed by atoms with Gasteiger partial charge in [0.05, 0.1) is 6.61 Å². The highest BCUT2D eigenvalue weighted by Gasteiger charge is 2.06. The van der Waals surface area contributed by atoms with E-state index in [4.69, 9.17) is 14.6 Å². The lowest BCUT2D eigenvalue weighted by Crippen LogP contribution is -2.00. The lowest BCUT2D eigenvalue weighted by molar-refractivity contribution is 0.0689. The Morgan fingerprint density at radius 2 is 1.95 bits per heavy atom. The summed E-state index contributed by atoms with van der Waals surface area (Å²) in [4.78, 5) is 14.7. The van der Waals surface area contributed by atoms with Gasteiger partial charge >= 0.3 is 5.97 Å². The van der Waals surface area contributed by atoms with Gasteiger partial charge < -0.3 is 14.6 Å². The molecular weight excluding hydrogens is 258 g/mol. The molecule has 5 heteroatoms. The summed E-state index contributed by atoms with van der Waals surface area (Å²) >= 11 is 0. The van der Waals surface area contributed by atoms with E-state index in [2.05, 4.69) is 4.98 Å². The van der Waals surface area contributed by atoms with Gasteiger partial charge in [-0.05, 0) is 30.2 Å². The number of benzene rings is 1. The van der Waals surface area contributed by atoms with Gasteiger partial charge in [-0.1, -0.05) is 18.2 Å². The number of hydrogen-bond donors (Lipinski definition) is 1. The van der Waals surface area contributed by atoms with Crippen molar-refractivity contribution in [2.45, 2.75) is 6.42 Å². The summed E-state index contributed by atoms with van der Waals surface area (Å²) in [5, 5.41) is 8.86. The van der Waals surface area contributed by atoms with Crippen molar-refractivity contribution >= 4 is 5.97 Å². The Morgan fingerprint density at radius 1 is 1.20 bits per heavy atom. The molecule has 0 aliphatic rings. The fourth-order valence-electron chi connectivity index (χ4n) is 1.66. The van der Waals surface area contributed by atoms with Crippen LogP contribution in [0.1, 0.15) is 16.1 Å². The first kappa shape index (κ1) is 14.0. The van der Waals surface area contributed by atoms with Gasteiger partial charge in [-0.2, -0.15) is 0 Å². The topological polar surface area (TPSA) is 68.7 Å². The Hall–Kier alpha value is -2.40. The predicted octanol–water partition coefficient (Wildman–Crippen LogP) is 2.76. The molecule has 0 atom stereocenters. The minimum absolute atomic E-state index is 0.0424. The van der Waals surface area contributed by atoms with Crippen molar-refractivity contribution in [2.75, 3.05) is 13.7 Å². The number of carboxylic acid groups (broad SMARTS) is 1. The molecular formula is C15H15NO4. The lowest BCUT2D eigenvalue weighted by atomic mass is 10.1. The average molecular weight is 273 g/mol. The maximum atomic E-state index is 10.8. The number of nitrogens with zero attached hydrogens (tertiary/aromatic N) is 1. The molecule has 2 aromatic rings. The smallest absolute Gasteiger partial charge is 0.354 e. The summed E-state index contributed by atoms with van der Waals surface area (Å²) in [6.45, 7) is 0.669. The molecule has 1 N–H and O–H groups in total. The summed E-state index contributed by atoms with van der Waals surface area (Å²) in [6.07, 6.45) is 0.837. The van der Waals surface area contributed by atoms with Crippen LogP contribution in [0.25, 0.3) is 0 Å². The highest BCUT2D eigenvalue weighted by molar-refractivity contribution is 5.85. The van der Waals surface area contributed by atoms with Crippen LogP contribution in [0.15, 0.2) is 42.5 Å². The van der Waals surface area contributed by atoms with E-state index in [0.717, 1.165) is 12.0 Å². The van der Waals surface area contributed by atoms with Crippen LogP contribution >= 0.6 is 0 Å². The Kier molecular flexibility index (Phi) is 4.68. The number of carboxylic acids is 1. The molecule has 20 heavy (non-hydrogen) atoms. The highest BCUT2D eigenvalue weighted by Crippen LogP contribution is 2.20. The first-order valence-electron chi connectivity index (χ1n) is 6.15. The van der Waals surface area contributed by atoms with E-state index in [1.54, 1.807) is 19.2 Å². The van der Waals surface area contributed by atoms with Gasteiger partial charge in [0.2, 0.25) is 5.88 Å². The molecule has 5 nitrogen and oxygen atoms in total. The minimum atomic E-state index is -1.08. The van der Waals surface area contributed by atoms with Gasteiger partial charge in [-0.25, -0.2) is 9.78 Å². The summed E-state index contributed by atoms with van der Waals surface area (Å²) < 4.78 is 10.5. The second kappa shape index (κ2) is 6.68. The van der Waals surface area contributed by atoms with Crippen LogP contribution < -0.4 is 4.74 Å². The largest absolute Gasteiger partial charge is 0.477 e. The first-order chi connectivity index (χ1) is 9.69. The van der Waals surface area contributed by atoms with E-state index in [1.165, 1.54) is 6.07 Å². The van der Waals surface area contributed by atoms with Crippen LogP contribution in [0.4, 0.5) is 0 Å². The fraction of sp³-hybridized carbons (Fsp3) is 0.200. The molecule has 0 fully saturated rings. The molecule has 2 rings (SSSR count). The summed E-state index contributed by atoms with van der Waals surface area (Å²) in [7, 11) is 1.67. The first-order valence-corrected chi connectivity index (χ1v) is 6.15. The maximum absolute atomic E-state index is 10.8. The van der Waals surface area contributed by atoms with Crippen molar-refractivity contribution in [3.05, 3.63) is 53.7 Å². The Bertz CT molecular complexity index is 581. The predicted molar refractivity (Wildman–Crippen MR) is 73.3 cm³/mol. The summed E-state index contributed by atoms with van der Waals surface area (Å²) in [5.41, 5.74) is 1.10. The Morgan fingerprint density at radius 3 is 2.60 bits per heavy atom. The third-order valence-corrected chi connectivity index (χ3v) is 2.68. The number of rotatable bonds is 6. The van der Waals surface area contributed by atoms with E-state index < -0.39 is 5.97 Å². The Balaban J connectivity index is 2.06. The average Bonchev–Trinajstić information content (AvgIpc) is 2.47.